The van der Waals surface area contributed by atoms with E-state index in [4.69, 9.17) is 10.5 Å². The molecule has 46 heavy (non-hydrogen) atoms. The van der Waals surface area contributed by atoms with Gasteiger partial charge in [0.1, 0.15) is 23.7 Å². The first-order valence-electron chi connectivity index (χ1n) is 17.0. The number of carbonyl (C=O) groups excluding carboxylic acids is 6. The van der Waals surface area contributed by atoms with Gasteiger partial charge in [-0.05, 0) is 75.5 Å². The maximum absolute atomic E-state index is 14.3. The van der Waals surface area contributed by atoms with Crippen molar-refractivity contribution in [2.24, 2.45) is 34.8 Å². The van der Waals surface area contributed by atoms with Gasteiger partial charge in [0, 0.05) is 6.54 Å². The summed E-state index contributed by atoms with van der Waals surface area (Å²) in [6.07, 6.45) is 7.23. The van der Waals surface area contributed by atoms with Gasteiger partial charge in [-0.3, -0.25) is 19.2 Å². The summed E-state index contributed by atoms with van der Waals surface area (Å²) >= 11 is 0. The first kappa shape index (κ1) is 37.3. The van der Waals surface area contributed by atoms with Gasteiger partial charge in [0.25, 0.3) is 5.91 Å². The zero-order valence-corrected chi connectivity index (χ0v) is 29.1. The molecule has 2 saturated carbocycles. The van der Waals surface area contributed by atoms with Gasteiger partial charge in [-0.1, -0.05) is 66.7 Å². The molecule has 3 aliphatic rings. The van der Waals surface area contributed by atoms with Gasteiger partial charge in [0.15, 0.2) is 0 Å². The van der Waals surface area contributed by atoms with E-state index in [1.807, 2.05) is 34.6 Å². The van der Waals surface area contributed by atoms with Crippen LogP contribution in [0.15, 0.2) is 0 Å². The Labute approximate surface area is 274 Å². The summed E-state index contributed by atoms with van der Waals surface area (Å²) in [6.45, 7) is 15.0. The summed E-state index contributed by atoms with van der Waals surface area (Å²) < 4.78 is 5.63. The number of rotatable bonds is 12. The number of amides is 5. The number of urea groups is 1. The highest BCUT2D eigenvalue weighted by molar-refractivity contribution is 6.37. The van der Waals surface area contributed by atoms with Crippen molar-refractivity contribution in [1.82, 2.24) is 20.9 Å². The highest BCUT2D eigenvalue weighted by atomic mass is 16.6. The van der Waals surface area contributed by atoms with Crippen molar-refractivity contribution in [2.45, 2.75) is 143 Å². The Morgan fingerprint density at radius 2 is 1.46 bits per heavy atom. The second-order valence-corrected chi connectivity index (χ2v) is 16.0. The average molecular weight is 648 g/mol. The van der Waals surface area contributed by atoms with Crippen LogP contribution in [0.5, 0.6) is 0 Å². The quantitative estimate of drug-likeness (QED) is 0.186. The predicted octanol–water partition coefficient (Wildman–Crippen LogP) is 3.20. The van der Waals surface area contributed by atoms with Gasteiger partial charge in [0.05, 0.1) is 6.04 Å². The van der Waals surface area contributed by atoms with Crippen molar-refractivity contribution in [3.8, 4) is 0 Å². The lowest BCUT2D eigenvalue weighted by molar-refractivity contribution is -0.158. The summed E-state index contributed by atoms with van der Waals surface area (Å²) in [5, 5.41) is 8.42. The standard InChI is InChI=1S/C34H57N5O7/c1-19(2)22-16-17-39(25(22)29(42)36-23(26(40)28(35)41)18-20-12-11-13-20)30(43)27(33(3,4)5)38-32(45)37-24(21-14-9-10-15-21)31(44)46-34(6,7)8/h19-25,27H,9-18H2,1-8H3,(H2,35,41)(H,36,42)(H2,37,38,45)/t22-,23?,24+,25+,27-/m1/s1. The van der Waals surface area contributed by atoms with Gasteiger partial charge in [0.2, 0.25) is 17.6 Å². The first-order chi connectivity index (χ1) is 21.3. The molecule has 12 heteroatoms. The summed E-state index contributed by atoms with van der Waals surface area (Å²) in [6, 6.07) is -4.51. The van der Waals surface area contributed by atoms with E-state index in [0.29, 0.717) is 12.8 Å². The summed E-state index contributed by atoms with van der Waals surface area (Å²) in [4.78, 5) is 80.9. The third-order valence-electron chi connectivity index (χ3n) is 9.73. The monoisotopic (exact) mass is 647 g/mol. The molecule has 1 saturated heterocycles. The van der Waals surface area contributed by atoms with E-state index >= 15 is 0 Å². The van der Waals surface area contributed by atoms with E-state index in [1.165, 1.54) is 4.90 Å². The number of nitrogens with one attached hydrogen (secondary N) is 3. The number of hydrogen-bond donors (Lipinski definition) is 4. The number of ketones is 1. The lowest BCUT2D eigenvalue weighted by Crippen LogP contribution is -2.62. The summed E-state index contributed by atoms with van der Waals surface area (Å²) in [5.41, 5.74) is 3.85. The number of Topliss-reactive ketones (excluding diaryl/α,β-unsaturated/α-hetero) is 1. The maximum atomic E-state index is 14.3. The Kier molecular flexibility index (Phi) is 12.3. The van der Waals surface area contributed by atoms with E-state index in [-0.39, 0.29) is 30.2 Å². The number of primary amides is 1. The number of esters is 1. The van der Waals surface area contributed by atoms with Gasteiger partial charge in [-0.2, -0.15) is 0 Å². The highest BCUT2D eigenvalue weighted by Gasteiger charge is 2.48. The van der Waals surface area contributed by atoms with Crippen molar-refractivity contribution < 1.29 is 33.5 Å². The molecule has 3 rings (SSSR count). The molecule has 5 atom stereocenters. The van der Waals surface area contributed by atoms with Crippen molar-refractivity contribution in [3.05, 3.63) is 0 Å². The molecular formula is C34H57N5O7. The molecule has 1 aliphatic heterocycles. The van der Waals surface area contributed by atoms with E-state index < -0.39 is 70.7 Å². The van der Waals surface area contributed by atoms with Crippen LogP contribution in [0.4, 0.5) is 4.79 Å². The molecule has 260 valence electrons. The van der Waals surface area contributed by atoms with Gasteiger partial charge in [-0.15, -0.1) is 0 Å². The first-order valence-corrected chi connectivity index (χ1v) is 17.0. The fourth-order valence-electron chi connectivity index (χ4n) is 6.97. The fraction of sp³-hybridized carbons (Fsp3) is 0.824. The Bertz CT molecular complexity index is 1150. The molecule has 5 N–H and O–H groups in total. The van der Waals surface area contributed by atoms with E-state index in [2.05, 4.69) is 16.0 Å². The van der Waals surface area contributed by atoms with Crippen molar-refractivity contribution >= 4 is 35.5 Å². The van der Waals surface area contributed by atoms with Crippen LogP contribution in [0.25, 0.3) is 0 Å². The van der Waals surface area contributed by atoms with Gasteiger partial charge in [-0.25, -0.2) is 9.59 Å². The van der Waals surface area contributed by atoms with E-state index in [1.54, 1.807) is 20.8 Å². The second-order valence-electron chi connectivity index (χ2n) is 16.0. The number of nitrogens with two attached hydrogens (primary N) is 1. The van der Waals surface area contributed by atoms with Gasteiger partial charge < -0.3 is 31.3 Å². The largest absolute Gasteiger partial charge is 0.458 e. The fourth-order valence-corrected chi connectivity index (χ4v) is 6.97. The molecule has 5 amide bonds. The summed E-state index contributed by atoms with van der Waals surface area (Å²) in [5.74, 6) is -3.41. The molecule has 0 bridgehead atoms. The molecular weight excluding hydrogens is 590 g/mol. The van der Waals surface area contributed by atoms with Crippen molar-refractivity contribution in [3.63, 3.8) is 0 Å². The molecule has 0 spiro atoms. The number of likely N-dealkylation sites (tertiary alicyclic amines) is 1. The molecule has 3 fully saturated rings. The Balaban J connectivity index is 1.83. The van der Waals surface area contributed by atoms with Crippen LogP contribution in [0.2, 0.25) is 0 Å². The maximum Gasteiger partial charge on any atom is 0.329 e. The van der Waals surface area contributed by atoms with Crippen LogP contribution in [0.1, 0.15) is 113 Å². The Morgan fingerprint density at radius 3 is 1.93 bits per heavy atom. The normalized spacial score (nSPS) is 22.8. The topological polar surface area (TPSA) is 177 Å². The van der Waals surface area contributed by atoms with Crippen molar-refractivity contribution in [1.29, 1.82) is 0 Å². The van der Waals surface area contributed by atoms with Crippen LogP contribution in [0, 0.1) is 29.1 Å². The number of hydrogen-bond acceptors (Lipinski definition) is 7. The zero-order valence-electron chi connectivity index (χ0n) is 29.1. The third-order valence-corrected chi connectivity index (χ3v) is 9.73. The van der Waals surface area contributed by atoms with Crippen LogP contribution >= 0.6 is 0 Å². The Morgan fingerprint density at radius 1 is 0.848 bits per heavy atom. The van der Waals surface area contributed by atoms with Gasteiger partial charge >= 0.3 is 12.0 Å². The molecule has 2 aliphatic carbocycles. The molecule has 12 nitrogen and oxygen atoms in total. The lowest BCUT2D eigenvalue weighted by Gasteiger charge is -2.37. The number of ether oxygens (including phenoxy) is 1. The Hall–Kier alpha value is -3.18. The lowest BCUT2D eigenvalue weighted by atomic mass is 9.80. The number of nitrogens with zero attached hydrogens (tertiary/aromatic N) is 1. The predicted molar refractivity (Wildman–Crippen MR) is 173 cm³/mol. The molecule has 0 aromatic carbocycles. The minimum Gasteiger partial charge on any atom is -0.458 e. The molecule has 0 aromatic heterocycles. The molecule has 0 aromatic rings. The highest BCUT2D eigenvalue weighted by Crippen LogP contribution is 2.35. The van der Waals surface area contributed by atoms with E-state index in [0.717, 1.165) is 44.9 Å². The van der Waals surface area contributed by atoms with Crippen LogP contribution in [-0.2, 0) is 28.7 Å². The summed E-state index contributed by atoms with van der Waals surface area (Å²) in [7, 11) is 0. The molecule has 1 unspecified atom stereocenters. The SMILES string of the molecule is CC(C)[C@H]1CCN(C(=O)[C@@H](NC(=O)N[C@H](C(=O)OC(C)(C)C)C2CCCC2)C(C)(C)C)[C@@H]1C(=O)NC(CC1CCC1)C(=O)C(N)=O. The minimum absolute atomic E-state index is 0.0378. The zero-order chi connectivity index (χ0) is 34.6. The van der Waals surface area contributed by atoms with Crippen LogP contribution in [-0.4, -0.2) is 76.7 Å². The van der Waals surface area contributed by atoms with Crippen LogP contribution in [0.3, 0.4) is 0 Å². The molecule has 0 radical (unpaired) electrons. The van der Waals surface area contributed by atoms with E-state index in [9.17, 15) is 28.8 Å². The van der Waals surface area contributed by atoms with Crippen LogP contribution < -0.4 is 21.7 Å². The third kappa shape index (κ3) is 9.67. The minimum atomic E-state index is -1.10. The average Bonchev–Trinajstić information content (AvgIpc) is 3.59. The smallest absolute Gasteiger partial charge is 0.329 e. The van der Waals surface area contributed by atoms with Crippen molar-refractivity contribution in [2.75, 3.05) is 6.54 Å². The second kappa shape index (κ2) is 15.2. The number of carbonyl (C=O) groups is 6. The molecule has 1 heterocycles.